The van der Waals surface area contributed by atoms with Crippen LogP contribution in [-0.4, -0.2) is 16.4 Å². The van der Waals surface area contributed by atoms with Gasteiger partial charge in [0.1, 0.15) is 11.1 Å². The number of nitriles is 1. The number of aryl methyl sites for hydroxylation is 1. The maximum absolute atomic E-state index is 13.0. The predicted octanol–water partition coefficient (Wildman–Crippen LogP) is 5.35. The Labute approximate surface area is 144 Å². The maximum Gasteiger partial charge on any atom is 0.391 e. The molecule has 2 nitrogen and oxygen atoms in total. The van der Waals surface area contributed by atoms with E-state index in [4.69, 9.17) is 0 Å². The highest BCUT2D eigenvalue weighted by molar-refractivity contribution is 7.99. The van der Waals surface area contributed by atoms with Gasteiger partial charge in [-0.05, 0) is 63.0 Å². The van der Waals surface area contributed by atoms with Gasteiger partial charge in [-0.3, -0.25) is 0 Å². The third-order valence-electron chi connectivity index (χ3n) is 5.20. The van der Waals surface area contributed by atoms with Crippen molar-refractivity contribution in [2.75, 3.05) is 0 Å². The van der Waals surface area contributed by atoms with E-state index in [1.54, 1.807) is 0 Å². The number of alkyl halides is 3. The van der Waals surface area contributed by atoms with Gasteiger partial charge in [0.15, 0.2) is 0 Å². The third kappa shape index (κ3) is 3.56. The number of pyridine rings is 1. The summed E-state index contributed by atoms with van der Waals surface area (Å²) in [6.45, 7) is 1.95. The topological polar surface area (TPSA) is 36.7 Å². The van der Waals surface area contributed by atoms with Gasteiger partial charge in [-0.2, -0.15) is 18.4 Å². The van der Waals surface area contributed by atoms with Gasteiger partial charge in [0, 0.05) is 10.9 Å². The molecule has 1 heterocycles. The van der Waals surface area contributed by atoms with E-state index in [1.807, 2.05) is 6.92 Å². The van der Waals surface area contributed by atoms with E-state index in [0.717, 1.165) is 43.4 Å². The quantitative estimate of drug-likeness (QED) is 0.718. The lowest BCUT2D eigenvalue weighted by atomic mass is 9.88. The number of fused-ring (bicyclic) bond motifs is 1. The number of halogens is 3. The summed E-state index contributed by atoms with van der Waals surface area (Å²) in [7, 11) is 0. The molecule has 1 saturated carbocycles. The zero-order valence-corrected chi connectivity index (χ0v) is 14.6. The Morgan fingerprint density at radius 3 is 2.62 bits per heavy atom. The van der Waals surface area contributed by atoms with Gasteiger partial charge < -0.3 is 0 Å². The number of hydrogen-bond acceptors (Lipinski definition) is 3. The Balaban J connectivity index is 1.85. The standard InChI is InChI=1S/C18H21F3N2S/c1-11-14-7-2-3-8-16(14)23-17(15(11)10-22)24-13-6-4-5-12(9-13)18(19,20)21/h12-13H,2-9H2,1H3. The minimum atomic E-state index is -4.11. The summed E-state index contributed by atoms with van der Waals surface area (Å²) in [4.78, 5) is 4.69. The van der Waals surface area contributed by atoms with Crippen LogP contribution in [0.2, 0.25) is 0 Å². The van der Waals surface area contributed by atoms with Crippen molar-refractivity contribution in [3.63, 3.8) is 0 Å². The molecular formula is C18H21F3N2S. The predicted molar refractivity (Wildman–Crippen MR) is 88.0 cm³/mol. The monoisotopic (exact) mass is 354 g/mol. The molecule has 0 spiro atoms. The molecule has 1 fully saturated rings. The fourth-order valence-corrected chi connectivity index (χ4v) is 5.24. The molecule has 0 amide bonds. The SMILES string of the molecule is Cc1c(C#N)c(SC2CCCC(C(F)(F)F)C2)nc2c1CCCC2. The smallest absolute Gasteiger partial charge is 0.245 e. The molecule has 0 radical (unpaired) electrons. The van der Waals surface area contributed by atoms with Crippen LogP contribution in [0.5, 0.6) is 0 Å². The van der Waals surface area contributed by atoms with Crippen molar-refractivity contribution in [1.82, 2.24) is 4.98 Å². The molecule has 2 atom stereocenters. The van der Waals surface area contributed by atoms with Crippen LogP contribution in [0.4, 0.5) is 13.2 Å². The zero-order valence-electron chi connectivity index (χ0n) is 13.7. The largest absolute Gasteiger partial charge is 0.391 e. The molecule has 1 aromatic heterocycles. The van der Waals surface area contributed by atoms with Crippen LogP contribution in [0.25, 0.3) is 0 Å². The van der Waals surface area contributed by atoms with Gasteiger partial charge >= 0.3 is 6.18 Å². The molecule has 2 unspecified atom stereocenters. The van der Waals surface area contributed by atoms with Crippen LogP contribution < -0.4 is 0 Å². The first kappa shape index (κ1) is 17.6. The molecule has 1 aromatic rings. The maximum atomic E-state index is 13.0. The molecular weight excluding hydrogens is 333 g/mol. The summed E-state index contributed by atoms with van der Waals surface area (Å²) in [5.41, 5.74) is 3.77. The minimum Gasteiger partial charge on any atom is -0.245 e. The second-order valence-electron chi connectivity index (χ2n) is 6.81. The highest BCUT2D eigenvalue weighted by atomic mass is 32.2. The molecule has 130 valence electrons. The van der Waals surface area contributed by atoms with Crippen LogP contribution in [0.1, 0.15) is 60.9 Å². The van der Waals surface area contributed by atoms with E-state index in [0.29, 0.717) is 17.0 Å². The van der Waals surface area contributed by atoms with Crippen molar-refractivity contribution in [2.45, 2.75) is 74.7 Å². The fraction of sp³-hybridized carbons (Fsp3) is 0.667. The normalized spacial score (nSPS) is 24.3. The molecule has 6 heteroatoms. The second kappa shape index (κ2) is 6.95. The van der Waals surface area contributed by atoms with Crippen LogP contribution in [0.15, 0.2) is 5.03 Å². The van der Waals surface area contributed by atoms with Crippen molar-refractivity contribution in [1.29, 1.82) is 5.26 Å². The summed E-state index contributed by atoms with van der Waals surface area (Å²) >= 11 is 1.39. The number of nitrogens with zero attached hydrogens (tertiary/aromatic N) is 2. The second-order valence-corrected chi connectivity index (χ2v) is 8.10. The van der Waals surface area contributed by atoms with Gasteiger partial charge in [-0.15, -0.1) is 11.8 Å². The molecule has 0 N–H and O–H groups in total. The Morgan fingerprint density at radius 2 is 1.92 bits per heavy atom. The Morgan fingerprint density at radius 1 is 1.17 bits per heavy atom. The molecule has 3 rings (SSSR count). The first-order chi connectivity index (χ1) is 11.4. The molecule has 0 aliphatic heterocycles. The molecule has 0 saturated heterocycles. The molecule has 2 aliphatic rings. The Kier molecular flexibility index (Phi) is 5.10. The lowest BCUT2D eigenvalue weighted by Gasteiger charge is -2.30. The number of hydrogen-bond donors (Lipinski definition) is 0. The van der Waals surface area contributed by atoms with Gasteiger partial charge in [-0.1, -0.05) is 6.42 Å². The zero-order chi connectivity index (χ0) is 17.3. The van der Waals surface area contributed by atoms with Crippen molar-refractivity contribution < 1.29 is 13.2 Å². The molecule has 2 aliphatic carbocycles. The first-order valence-corrected chi connectivity index (χ1v) is 9.44. The van der Waals surface area contributed by atoms with E-state index in [-0.39, 0.29) is 18.1 Å². The van der Waals surface area contributed by atoms with Gasteiger partial charge in [0.05, 0.1) is 11.5 Å². The molecule has 24 heavy (non-hydrogen) atoms. The van der Waals surface area contributed by atoms with Crippen molar-refractivity contribution in [3.05, 3.63) is 22.4 Å². The number of thioether (sulfide) groups is 1. The first-order valence-electron chi connectivity index (χ1n) is 8.56. The molecule has 0 bridgehead atoms. The van der Waals surface area contributed by atoms with E-state index in [1.165, 1.54) is 17.3 Å². The van der Waals surface area contributed by atoms with Crippen molar-refractivity contribution in [2.24, 2.45) is 5.92 Å². The van der Waals surface area contributed by atoms with Crippen molar-refractivity contribution in [3.8, 4) is 6.07 Å². The van der Waals surface area contributed by atoms with Crippen molar-refractivity contribution >= 4 is 11.8 Å². The highest BCUT2D eigenvalue weighted by Gasteiger charge is 2.42. The molecule has 0 aromatic carbocycles. The van der Waals surface area contributed by atoms with Crippen LogP contribution in [0.3, 0.4) is 0 Å². The Hall–Kier alpha value is -1.22. The lowest BCUT2D eigenvalue weighted by Crippen LogP contribution is -2.30. The van der Waals surface area contributed by atoms with Gasteiger partial charge in [0.2, 0.25) is 0 Å². The van der Waals surface area contributed by atoms with Crippen LogP contribution >= 0.6 is 11.8 Å². The summed E-state index contributed by atoms with van der Waals surface area (Å²) < 4.78 is 39.0. The van der Waals surface area contributed by atoms with Crippen LogP contribution in [0, 0.1) is 24.2 Å². The summed E-state index contributed by atoms with van der Waals surface area (Å²) in [5.74, 6) is -1.21. The van der Waals surface area contributed by atoms with E-state index in [2.05, 4.69) is 11.1 Å². The lowest BCUT2D eigenvalue weighted by molar-refractivity contribution is -0.181. The number of rotatable bonds is 2. The van der Waals surface area contributed by atoms with E-state index in [9.17, 15) is 18.4 Å². The summed E-state index contributed by atoms with van der Waals surface area (Å²) in [5, 5.41) is 10.1. The summed E-state index contributed by atoms with van der Waals surface area (Å²) in [6, 6.07) is 2.24. The minimum absolute atomic E-state index is 0.106. The third-order valence-corrected chi connectivity index (χ3v) is 6.48. The Bertz CT molecular complexity index is 664. The fourth-order valence-electron chi connectivity index (χ4n) is 3.83. The highest BCUT2D eigenvalue weighted by Crippen LogP contribution is 2.43. The number of aromatic nitrogens is 1. The van der Waals surface area contributed by atoms with E-state index >= 15 is 0 Å². The van der Waals surface area contributed by atoms with Gasteiger partial charge in [0.25, 0.3) is 0 Å². The van der Waals surface area contributed by atoms with Gasteiger partial charge in [-0.25, -0.2) is 4.98 Å². The summed E-state index contributed by atoms with van der Waals surface area (Å²) in [6.07, 6.45) is 1.67. The average molecular weight is 354 g/mol. The van der Waals surface area contributed by atoms with E-state index < -0.39 is 12.1 Å². The van der Waals surface area contributed by atoms with Crippen LogP contribution in [-0.2, 0) is 12.8 Å². The average Bonchev–Trinajstić information content (AvgIpc) is 2.55.